The Labute approximate surface area is 145 Å². The molecule has 5 nitrogen and oxygen atoms in total. The fraction of sp³-hybridized carbons (Fsp3) is 0.556. The smallest absolute Gasteiger partial charge is 0.288 e. The van der Waals surface area contributed by atoms with Crippen molar-refractivity contribution in [3.8, 4) is 5.75 Å². The van der Waals surface area contributed by atoms with Crippen molar-refractivity contribution in [3.63, 3.8) is 0 Å². The van der Waals surface area contributed by atoms with Crippen molar-refractivity contribution in [2.75, 3.05) is 6.54 Å². The summed E-state index contributed by atoms with van der Waals surface area (Å²) < 4.78 is 31.0. The topological polar surface area (TPSA) is 58.6 Å². The summed E-state index contributed by atoms with van der Waals surface area (Å²) in [6.07, 6.45) is -0.116. The zero-order valence-electron chi connectivity index (χ0n) is 14.3. The molecule has 0 spiro atoms. The molecule has 1 aliphatic carbocycles. The molecule has 2 atom stereocenters. The molecule has 2 unspecified atom stereocenters. The predicted molar refractivity (Wildman–Crippen MR) is 87.8 cm³/mol. The van der Waals surface area contributed by atoms with Crippen molar-refractivity contribution in [2.45, 2.75) is 57.2 Å². The second kappa shape index (κ2) is 6.61. The largest absolute Gasteiger partial charge is 0.484 e. The first-order valence-electron chi connectivity index (χ1n) is 8.51. The third-order valence-electron chi connectivity index (χ3n) is 4.53. The molecule has 1 aliphatic heterocycles. The molecule has 2 fully saturated rings. The average molecular weight is 352 g/mol. The van der Waals surface area contributed by atoms with E-state index in [4.69, 9.17) is 4.74 Å². The number of halogens is 2. The van der Waals surface area contributed by atoms with E-state index in [0.717, 1.165) is 6.42 Å². The van der Waals surface area contributed by atoms with Gasteiger partial charge in [-0.15, -0.1) is 0 Å². The quantitative estimate of drug-likeness (QED) is 0.856. The highest BCUT2D eigenvalue weighted by atomic mass is 19.3. The summed E-state index contributed by atoms with van der Waals surface area (Å²) in [5.74, 6) is -2.55. The van der Waals surface area contributed by atoms with Crippen LogP contribution in [0.25, 0.3) is 0 Å². The number of amides is 2. The van der Waals surface area contributed by atoms with Gasteiger partial charge in [0.25, 0.3) is 11.8 Å². The number of carbonyl (C=O) groups is 2. The molecular weight excluding hydrogens is 330 g/mol. The summed E-state index contributed by atoms with van der Waals surface area (Å²) in [6.45, 7) is 4.29. The van der Waals surface area contributed by atoms with Crippen LogP contribution in [0.3, 0.4) is 0 Å². The van der Waals surface area contributed by atoms with E-state index in [2.05, 4.69) is 5.32 Å². The molecule has 1 heterocycles. The summed E-state index contributed by atoms with van der Waals surface area (Å²) in [5, 5.41) is 2.87. The predicted octanol–water partition coefficient (Wildman–Crippen LogP) is 2.60. The molecule has 0 aromatic heterocycles. The number of nitrogens with zero attached hydrogens (tertiary/aromatic N) is 1. The monoisotopic (exact) mass is 352 g/mol. The van der Waals surface area contributed by atoms with E-state index >= 15 is 0 Å². The molecule has 1 N–H and O–H groups in total. The van der Waals surface area contributed by atoms with Gasteiger partial charge in [0.1, 0.15) is 5.75 Å². The molecule has 25 heavy (non-hydrogen) atoms. The second-order valence-corrected chi connectivity index (χ2v) is 6.95. The summed E-state index contributed by atoms with van der Waals surface area (Å²) in [4.78, 5) is 25.8. The molecule has 1 saturated carbocycles. The minimum Gasteiger partial charge on any atom is -0.484 e. The van der Waals surface area contributed by atoms with Gasteiger partial charge < -0.3 is 15.0 Å². The molecular formula is C18H22F2N2O3. The van der Waals surface area contributed by atoms with E-state index in [-0.39, 0.29) is 30.3 Å². The first kappa shape index (κ1) is 17.6. The number of rotatable bonds is 6. The standard InChI is InChI=1S/C18H22F2N2O3/c1-11(2)22(10-13-5-8-16(23)21-13)17(24)12-3-6-14(7-4-12)25-15-9-18(15,19)20/h3-4,6-7,11,13,15H,5,8-10H2,1-2H3,(H,21,23). The zero-order chi connectivity index (χ0) is 18.2. The van der Waals surface area contributed by atoms with Gasteiger partial charge in [0.15, 0.2) is 6.10 Å². The van der Waals surface area contributed by atoms with Crippen LogP contribution < -0.4 is 10.1 Å². The van der Waals surface area contributed by atoms with Crippen molar-refractivity contribution >= 4 is 11.8 Å². The maximum absolute atomic E-state index is 12.9. The zero-order valence-corrected chi connectivity index (χ0v) is 14.3. The van der Waals surface area contributed by atoms with E-state index in [9.17, 15) is 18.4 Å². The Morgan fingerprint density at radius 2 is 2.00 bits per heavy atom. The van der Waals surface area contributed by atoms with Gasteiger partial charge in [-0.1, -0.05) is 0 Å². The van der Waals surface area contributed by atoms with Crippen LogP contribution in [-0.4, -0.2) is 47.4 Å². The minimum absolute atomic E-state index is 0.0135. The fourth-order valence-corrected chi connectivity index (χ4v) is 2.90. The molecule has 0 radical (unpaired) electrons. The molecule has 1 aromatic carbocycles. The van der Waals surface area contributed by atoms with Crippen LogP contribution >= 0.6 is 0 Å². The number of carbonyl (C=O) groups excluding carboxylic acids is 2. The van der Waals surface area contributed by atoms with Gasteiger partial charge in [-0.25, -0.2) is 8.78 Å². The van der Waals surface area contributed by atoms with Crippen molar-refractivity contribution in [1.82, 2.24) is 10.2 Å². The van der Waals surface area contributed by atoms with Crippen LogP contribution in [0.4, 0.5) is 8.78 Å². The lowest BCUT2D eigenvalue weighted by molar-refractivity contribution is -0.119. The molecule has 1 saturated heterocycles. The molecule has 2 amide bonds. The van der Waals surface area contributed by atoms with Gasteiger partial charge >= 0.3 is 0 Å². The molecule has 136 valence electrons. The normalized spacial score (nSPS) is 24.1. The van der Waals surface area contributed by atoms with E-state index in [0.29, 0.717) is 24.3 Å². The third kappa shape index (κ3) is 4.08. The molecule has 0 bridgehead atoms. The van der Waals surface area contributed by atoms with Gasteiger partial charge in [0, 0.05) is 30.6 Å². The Hall–Kier alpha value is -2.18. The maximum atomic E-state index is 12.9. The minimum atomic E-state index is -2.74. The van der Waals surface area contributed by atoms with Crippen LogP contribution in [0.5, 0.6) is 5.75 Å². The highest BCUT2D eigenvalue weighted by Gasteiger charge is 2.59. The lowest BCUT2D eigenvalue weighted by Gasteiger charge is -2.29. The fourth-order valence-electron chi connectivity index (χ4n) is 2.90. The number of ether oxygens (including phenoxy) is 1. The van der Waals surface area contributed by atoms with Gasteiger partial charge in [0.05, 0.1) is 6.42 Å². The van der Waals surface area contributed by atoms with Crippen molar-refractivity contribution in [2.24, 2.45) is 0 Å². The van der Waals surface area contributed by atoms with Gasteiger partial charge in [-0.2, -0.15) is 0 Å². The van der Waals surface area contributed by atoms with Crippen LogP contribution in [0.1, 0.15) is 43.5 Å². The molecule has 7 heteroatoms. The van der Waals surface area contributed by atoms with E-state index in [1.165, 1.54) is 12.1 Å². The van der Waals surface area contributed by atoms with Gasteiger partial charge in [-0.05, 0) is 44.5 Å². The first-order valence-corrected chi connectivity index (χ1v) is 8.51. The summed E-state index contributed by atoms with van der Waals surface area (Å²) in [6, 6.07) is 6.20. The summed E-state index contributed by atoms with van der Waals surface area (Å²) in [5.41, 5.74) is 0.466. The number of hydrogen-bond donors (Lipinski definition) is 1. The Bertz CT molecular complexity index is 661. The molecule has 3 rings (SSSR count). The van der Waals surface area contributed by atoms with Crippen molar-refractivity contribution in [3.05, 3.63) is 29.8 Å². The summed E-state index contributed by atoms with van der Waals surface area (Å²) in [7, 11) is 0. The second-order valence-electron chi connectivity index (χ2n) is 6.95. The first-order chi connectivity index (χ1) is 11.8. The Morgan fingerprint density at radius 1 is 1.36 bits per heavy atom. The molecule has 2 aliphatic rings. The number of benzene rings is 1. The number of alkyl halides is 2. The van der Waals surface area contributed by atoms with E-state index in [1.54, 1.807) is 17.0 Å². The SMILES string of the molecule is CC(C)N(CC1CCC(=O)N1)C(=O)c1ccc(OC2CC2(F)F)cc1. The highest BCUT2D eigenvalue weighted by Crippen LogP contribution is 2.44. The van der Waals surface area contributed by atoms with Crippen molar-refractivity contribution in [1.29, 1.82) is 0 Å². The van der Waals surface area contributed by atoms with Crippen molar-refractivity contribution < 1.29 is 23.1 Å². The van der Waals surface area contributed by atoms with Crippen LogP contribution in [0.2, 0.25) is 0 Å². The van der Waals surface area contributed by atoms with Gasteiger partial charge in [-0.3, -0.25) is 9.59 Å². The van der Waals surface area contributed by atoms with Crippen LogP contribution in [0, 0.1) is 0 Å². The Morgan fingerprint density at radius 3 is 2.48 bits per heavy atom. The highest BCUT2D eigenvalue weighted by molar-refractivity contribution is 5.94. The maximum Gasteiger partial charge on any atom is 0.288 e. The molecule has 1 aromatic rings. The van der Waals surface area contributed by atoms with E-state index in [1.807, 2.05) is 13.8 Å². The van der Waals surface area contributed by atoms with Crippen LogP contribution in [0.15, 0.2) is 24.3 Å². The average Bonchev–Trinajstić information content (AvgIpc) is 2.94. The lowest BCUT2D eigenvalue weighted by Crippen LogP contribution is -2.45. The Balaban J connectivity index is 1.64. The Kier molecular flexibility index (Phi) is 4.67. The third-order valence-corrected chi connectivity index (χ3v) is 4.53. The van der Waals surface area contributed by atoms with E-state index < -0.39 is 12.0 Å². The number of nitrogens with one attached hydrogen (secondary N) is 1. The number of hydrogen-bond acceptors (Lipinski definition) is 3. The van der Waals surface area contributed by atoms with Gasteiger partial charge in [0.2, 0.25) is 5.91 Å². The lowest BCUT2D eigenvalue weighted by atomic mass is 10.1. The summed E-state index contributed by atoms with van der Waals surface area (Å²) >= 11 is 0. The van der Waals surface area contributed by atoms with Crippen LogP contribution in [-0.2, 0) is 4.79 Å².